The number of pyridine rings is 1. The van der Waals surface area contributed by atoms with Gasteiger partial charge in [0.05, 0.1) is 17.9 Å². The van der Waals surface area contributed by atoms with Gasteiger partial charge in [-0.25, -0.2) is 4.99 Å². The number of aromatic nitrogens is 2. The summed E-state index contributed by atoms with van der Waals surface area (Å²) in [5.41, 5.74) is 6.99. The molecule has 12 heteroatoms. The molecule has 2 aromatic rings. The largest absolute Gasteiger partial charge is 0.471 e. The highest BCUT2D eigenvalue weighted by molar-refractivity contribution is 6.09. The van der Waals surface area contributed by atoms with Crippen molar-refractivity contribution in [2.75, 3.05) is 20.3 Å². The zero-order valence-electron chi connectivity index (χ0n) is 20.2. The van der Waals surface area contributed by atoms with E-state index in [-0.39, 0.29) is 48.1 Å². The Labute approximate surface area is 203 Å². The lowest BCUT2D eigenvalue weighted by molar-refractivity contribution is 0.0936. The lowest BCUT2D eigenvalue weighted by Gasteiger charge is -2.23. The van der Waals surface area contributed by atoms with Crippen LogP contribution in [0.3, 0.4) is 0 Å². The van der Waals surface area contributed by atoms with Gasteiger partial charge in [-0.2, -0.15) is 0 Å². The van der Waals surface area contributed by atoms with Crippen LogP contribution in [0.1, 0.15) is 48.3 Å². The maximum Gasteiger partial charge on any atom is 0.252 e. The van der Waals surface area contributed by atoms with Crippen molar-refractivity contribution >= 4 is 23.5 Å². The van der Waals surface area contributed by atoms with Crippen molar-refractivity contribution in [3.8, 4) is 0 Å². The van der Waals surface area contributed by atoms with Crippen molar-refractivity contribution in [3.05, 3.63) is 58.8 Å². The Balaban J connectivity index is 2.06. The number of aliphatic imine (C=N–C) groups is 1. The van der Waals surface area contributed by atoms with Gasteiger partial charge in [0.25, 0.3) is 5.91 Å². The number of nitrogens with two attached hydrogens (primary N) is 1. The van der Waals surface area contributed by atoms with E-state index in [0.717, 1.165) is 0 Å². The minimum atomic E-state index is -0.519. The van der Waals surface area contributed by atoms with Crippen molar-refractivity contribution in [1.82, 2.24) is 15.5 Å². The van der Waals surface area contributed by atoms with Gasteiger partial charge in [-0.3, -0.25) is 20.6 Å². The number of aliphatic hydroxyl groups excluding tert-OH is 1. The summed E-state index contributed by atoms with van der Waals surface area (Å²) in [6, 6.07) is 4.66. The summed E-state index contributed by atoms with van der Waals surface area (Å²) in [6.07, 6.45) is 2.90. The number of nitrogens with one attached hydrogen (secondary N) is 3. The van der Waals surface area contributed by atoms with Crippen LogP contribution in [0.15, 0.2) is 45.6 Å². The Morgan fingerprint density at radius 2 is 2.09 bits per heavy atom. The van der Waals surface area contributed by atoms with Crippen LogP contribution in [0.25, 0.3) is 0 Å². The van der Waals surface area contributed by atoms with Gasteiger partial charge in [0.1, 0.15) is 19.0 Å². The van der Waals surface area contributed by atoms with Gasteiger partial charge in [-0.15, -0.1) is 0 Å². The fraction of sp³-hybridized carbons (Fsp3) is 0.391. The first-order valence-corrected chi connectivity index (χ1v) is 10.7. The molecule has 0 saturated carbocycles. The summed E-state index contributed by atoms with van der Waals surface area (Å²) < 4.78 is 15.4. The van der Waals surface area contributed by atoms with E-state index in [1.165, 1.54) is 18.3 Å². The molecule has 0 bridgehead atoms. The monoisotopic (exact) mass is 485 g/mol. The van der Waals surface area contributed by atoms with E-state index < -0.39 is 5.41 Å². The molecule has 0 spiro atoms. The third-order valence-electron chi connectivity index (χ3n) is 4.59. The summed E-state index contributed by atoms with van der Waals surface area (Å²) in [4.78, 5) is 20.3. The predicted molar refractivity (Wildman–Crippen MR) is 129 cm³/mol. The number of ether oxygens (including phenoxy) is 2. The molecule has 0 atom stereocenters. The molecule has 2 aromatic heterocycles. The second kappa shape index (κ2) is 12.5. The maximum absolute atomic E-state index is 12.0. The van der Waals surface area contributed by atoms with Gasteiger partial charge in [-0.1, -0.05) is 25.9 Å². The summed E-state index contributed by atoms with van der Waals surface area (Å²) in [5.74, 6) is -0.462. The quantitative estimate of drug-likeness (QED) is 0.191. The molecule has 0 saturated heterocycles. The minimum absolute atomic E-state index is 0.00751. The first kappa shape index (κ1) is 27.3. The van der Waals surface area contributed by atoms with Crippen molar-refractivity contribution in [2.24, 2.45) is 16.1 Å². The smallest absolute Gasteiger partial charge is 0.252 e. The van der Waals surface area contributed by atoms with Crippen LogP contribution < -0.4 is 11.1 Å². The van der Waals surface area contributed by atoms with Gasteiger partial charge in [0, 0.05) is 31.5 Å². The van der Waals surface area contributed by atoms with E-state index in [0.29, 0.717) is 30.0 Å². The highest BCUT2D eigenvalue weighted by atomic mass is 16.5. The van der Waals surface area contributed by atoms with Crippen LogP contribution in [-0.4, -0.2) is 59.0 Å². The normalized spacial score (nSPS) is 12.4. The Morgan fingerprint density at radius 3 is 2.66 bits per heavy atom. The van der Waals surface area contributed by atoms with Gasteiger partial charge < -0.3 is 30.2 Å². The minimum Gasteiger partial charge on any atom is -0.471 e. The van der Waals surface area contributed by atoms with Gasteiger partial charge >= 0.3 is 0 Å². The molecule has 0 aliphatic carbocycles. The van der Waals surface area contributed by atoms with Crippen LogP contribution in [-0.2, 0) is 22.7 Å². The fourth-order valence-corrected chi connectivity index (χ4v) is 2.73. The topological polar surface area (TPSA) is 193 Å². The zero-order chi connectivity index (χ0) is 26.0. The molecule has 0 aliphatic rings. The van der Waals surface area contributed by atoms with Gasteiger partial charge in [-0.05, 0) is 23.6 Å². The summed E-state index contributed by atoms with van der Waals surface area (Å²) in [5, 5.41) is 31.8. The van der Waals surface area contributed by atoms with Crippen LogP contribution in [0.5, 0.6) is 0 Å². The fourth-order valence-electron chi connectivity index (χ4n) is 2.73. The lowest BCUT2D eigenvalue weighted by atomic mass is 9.86. The predicted octanol–water partition coefficient (Wildman–Crippen LogP) is 1.79. The Hall–Kier alpha value is -3.90. The molecule has 2 rings (SSSR count). The molecule has 12 nitrogen and oxygen atoms in total. The molecule has 188 valence electrons. The molecule has 0 aliphatic heterocycles. The average molecular weight is 486 g/mol. The standard InChI is InChI=1S/C23H31N7O5/c1-23(2,3)17(10-19(24)29-20(25)18-9-16(12-31)35-30-18)21(26)34-13-15-6-5-14(11-28-15)22(32)27-7-8-33-4/h5-6,9-11,26,31H,7-8,12-13H2,1-4H3,(H,27,32)(H3,24,25,29)/b17-10+,26-21?. The number of hydrogen-bond acceptors (Lipinski definition) is 9. The molecule has 0 unspecified atom stereocenters. The van der Waals surface area contributed by atoms with Crippen molar-refractivity contribution in [3.63, 3.8) is 0 Å². The van der Waals surface area contributed by atoms with E-state index in [1.54, 1.807) is 19.2 Å². The highest BCUT2D eigenvalue weighted by Gasteiger charge is 2.23. The molecule has 1 amide bonds. The zero-order valence-corrected chi connectivity index (χ0v) is 20.2. The molecular weight excluding hydrogens is 454 g/mol. The Bertz CT molecular complexity index is 1100. The number of rotatable bonds is 10. The Morgan fingerprint density at radius 1 is 1.34 bits per heavy atom. The summed E-state index contributed by atoms with van der Waals surface area (Å²) >= 11 is 0. The molecule has 0 fully saturated rings. The average Bonchev–Trinajstić information content (AvgIpc) is 3.30. The third kappa shape index (κ3) is 8.43. The summed E-state index contributed by atoms with van der Waals surface area (Å²) in [7, 11) is 1.56. The van der Waals surface area contributed by atoms with Crippen LogP contribution in [0, 0.1) is 16.2 Å². The van der Waals surface area contributed by atoms with E-state index in [2.05, 4.69) is 20.4 Å². The van der Waals surface area contributed by atoms with Gasteiger partial charge in [0.15, 0.2) is 17.3 Å². The van der Waals surface area contributed by atoms with E-state index in [1.807, 2.05) is 20.8 Å². The maximum atomic E-state index is 12.0. The molecule has 35 heavy (non-hydrogen) atoms. The van der Waals surface area contributed by atoms with E-state index >= 15 is 0 Å². The lowest BCUT2D eigenvalue weighted by Crippen LogP contribution is -2.27. The number of methoxy groups -OCH3 is 1. The highest BCUT2D eigenvalue weighted by Crippen LogP contribution is 2.26. The number of nitrogens with zero attached hydrogens (tertiary/aromatic N) is 3. The number of carbonyl (C=O) groups excluding carboxylic acids is 1. The second-order valence-electron chi connectivity index (χ2n) is 8.43. The van der Waals surface area contributed by atoms with Crippen molar-refractivity contribution in [1.29, 1.82) is 10.8 Å². The van der Waals surface area contributed by atoms with Crippen molar-refractivity contribution < 1.29 is 23.9 Å². The number of carbonyl (C=O) groups is 1. The van der Waals surface area contributed by atoms with E-state index in [9.17, 15) is 4.79 Å². The molecular formula is C23H31N7O5. The summed E-state index contributed by atoms with van der Waals surface area (Å²) in [6.45, 7) is 6.13. The van der Waals surface area contributed by atoms with Crippen LogP contribution in [0.2, 0.25) is 0 Å². The Kier molecular flexibility index (Phi) is 9.79. The molecule has 2 heterocycles. The number of amidine groups is 2. The second-order valence-corrected chi connectivity index (χ2v) is 8.43. The first-order chi connectivity index (χ1) is 16.5. The van der Waals surface area contributed by atoms with Gasteiger partial charge in [0.2, 0.25) is 5.90 Å². The SMILES string of the molecule is COCCNC(=O)c1ccc(COC(=N)/C(=C\C(N)=NC(=N)c2cc(CO)on2)C(C)(C)C)nc1. The number of aliphatic hydroxyl groups is 1. The number of hydrogen-bond donors (Lipinski definition) is 5. The van der Waals surface area contributed by atoms with Crippen LogP contribution in [0.4, 0.5) is 0 Å². The molecule has 0 aromatic carbocycles. The molecule has 6 N–H and O–H groups in total. The van der Waals surface area contributed by atoms with Crippen molar-refractivity contribution in [2.45, 2.75) is 34.0 Å². The third-order valence-corrected chi connectivity index (χ3v) is 4.59. The van der Waals surface area contributed by atoms with E-state index in [4.69, 9.17) is 35.7 Å². The van der Waals surface area contributed by atoms with Crippen LogP contribution >= 0.6 is 0 Å². The number of amides is 1. The first-order valence-electron chi connectivity index (χ1n) is 10.7. The molecule has 0 radical (unpaired) electrons.